The van der Waals surface area contributed by atoms with Crippen LogP contribution in [0.15, 0.2) is 152 Å². The summed E-state index contributed by atoms with van der Waals surface area (Å²) in [5.74, 6) is 0. The zero-order chi connectivity index (χ0) is 23.7. The van der Waals surface area contributed by atoms with Crippen molar-refractivity contribution in [3.05, 3.63) is 152 Å². The first-order valence-electron chi connectivity index (χ1n) is 11.9. The Hall–Kier alpha value is -3.24. The lowest BCUT2D eigenvalue weighted by Crippen LogP contribution is -2.32. The lowest BCUT2D eigenvalue weighted by atomic mass is 10.3. The van der Waals surface area contributed by atoms with Crippen molar-refractivity contribution in [2.24, 2.45) is 0 Å². The number of para-hydroxylation sites is 1. The van der Waals surface area contributed by atoms with Crippen LogP contribution in [0.25, 0.3) is 0 Å². The molecule has 0 aliphatic heterocycles. The highest BCUT2D eigenvalue weighted by atomic mass is 31.1. The van der Waals surface area contributed by atoms with Crippen LogP contribution in [-0.4, -0.2) is 12.6 Å². The molecule has 35 heavy (non-hydrogen) atoms. The normalized spacial score (nSPS) is 11.0. The largest absolute Gasteiger partial charge is 0.362 e. The summed E-state index contributed by atoms with van der Waals surface area (Å²) < 4.78 is 0. The molecule has 172 valence electrons. The van der Waals surface area contributed by atoms with E-state index < -0.39 is 15.8 Å². The van der Waals surface area contributed by atoms with Crippen molar-refractivity contribution in [2.45, 2.75) is 0 Å². The van der Waals surface area contributed by atoms with Crippen molar-refractivity contribution in [3.63, 3.8) is 0 Å². The van der Waals surface area contributed by atoms with Gasteiger partial charge in [0, 0.05) is 18.3 Å². The van der Waals surface area contributed by atoms with Crippen LogP contribution < -0.4 is 26.1 Å². The monoisotopic (exact) mass is 489 g/mol. The van der Waals surface area contributed by atoms with Crippen LogP contribution in [0, 0.1) is 0 Å². The van der Waals surface area contributed by atoms with Crippen molar-refractivity contribution in [1.29, 1.82) is 0 Å². The predicted molar refractivity (Wildman–Crippen MR) is 157 cm³/mol. The number of nitrogens with zero attached hydrogens (tertiary/aromatic N) is 1. The van der Waals surface area contributed by atoms with Gasteiger partial charge in [0.1, 0.15) is 0 Å². The Morgan fingerprint density at radius 2 is 0.600 bits per heavy atom. The van der Waals surface area contributed by atoms with E-state index in [-0.39, 0.29) is 0 Å². The Kier molecular flexibility index (Phi) is 8.02. The molecule has 5 rings (SSSR count). The van der Waals surface area contributed by atoms with E-state index in [9.17, 15) is 0 Å². The van der Waals surface area contributed by atoms with Crippen LogP contribution >= 0.6 is 15.8 Å². The van der Waals surface area contributed by atoms with Gasteiger partial charge in [-0.15, -0.1) is 0 Å². The van der Waals surface area contributed by atoms with E-state index in [2.05, 4.69) is 157 Å². The van der Waals surface area contributed by atoms with Crippen LogP contribution in [0.2, 0.25) is 0 Å². The number of anilines is 1. The predicted octanol–water partition coefficient (Wildman–Crippen LogP) is 6.67. The lowest BCUT2D eigenvalue weighted by molar-refractivity contribution is 1.05. The second kappa shape index (κ2) is 11.9. The summed E-state index contributed by atoms with van der Waals surface area (Å²) in [6.07, 6.45) is 1.96. The van der Waals surface area contributed by atoms with Crippen LogP contribution in [-0.2, 0) is 0 Å². The third kappa shape index (κ3) is 6.07. The fraction of sp³-hybridized carbons (Fsp3) is 0.0625. The van der Waals surface area contributed by atoms with Gasteiger partial charge in [0.15, 0.2) is 0 Å². The molecule has 5 aromatic rings. The first kappa shape index (κ1) is 23.5. The quantitative estimate of drug-likeness (QED) is 0.209. The van der Waals surface area contributed by atoms with Gasteiger partial charge in [0.2, 0.25) is 0 Å². The highest BCUT2D eigenvalue weighted by Gasteiger charge is 2.23. The zero-order valence-corrected chi connectivity index (χ0v) is 21.5. The van der Waals surface area contributed by atoms with Gasteiger partial charge < -0.3 is 4.90 Å². The standard InChI is InChI=1S/C32H29NP2/c1-6-16-28(17-7-1)33(26-34(29-18-8-2-9-19-29)30-20-10-3-11-21-30)27-35(31-22-12-4-13-23-31)32-24-14-5-15-25-32/h1-25H,26-27H2. The molecule has 0 aliphatic rings. The summed E-state index contributed by atoms with van der Waals surface area (Å²) in [7, 11) is -1.09. The van der Waals surface area contributed by atoms with Crippen molar-refractivity contribution in [3.8, 4) is 0 Å². The van der Waals surface area contributed by atoms with Crippen molar-refractivity contribution in [2.75, 3.05) is 17.5 Å². The molecule has 3 heteroatoms. The summed E-state index contributed by atoms with van der Waals surface area (Å²) in [6, 6.07) is 55.1. The SMILES string of the molecule is c1ccc(N(CP(c2ccccc2)c2ccccc2)CP(c2ccccc2)c2ccccc2)cc1. The van der Waals surface area contributed by atoms with Crippen molar-refractivity contribution in [1.82, 2.24) is 0 Å². The molecule has 0 fully saturated rings. The molecule has 0 atom stereocenters. The van der Waals surface area contributed by atoms with Gasteiger partial charge >= 0.3 is 0 Å². The van der Waals surface area contributed by atoms with Crippen molar-refractivity contribution >= 4 is 42.7 Å². The van der Waals surface area contributed by atoms with E-state index in [1.165, 1.54) is 26.9 Å². The maximum absolute atomic E-state index is 2.62. The van der Waals surface area contributed by atoms with Gasteiger partial charge in [-0.2, -0.15) is 0 Å². The number of benzene rings is 5. The fourth-order valence-electron chi connectivity index (χ4n) is 4.24. The minimum Gasteiger partial charge on any atom is -0.362 e. The smallest absolute Gasteiger partial charge is 0.0463 e. The Balaban J connectivity index is 1.55. The van der Waals surface area contributed by atoms with E-state index in [0.717, 1.165) is 12.6 Å². The molecule has 1 nitrogen and oxygen atoms in total. The Morgan fingerprint density at radius 3 is 0.886 bits per heavy atom. The average Bonchev–Trinajstić information content (AvgIpc) is 2.95. The molecule has 0 heterocycles. The second-order valence-corrected chi connectivity index (χ2v) is 12.7. The summed E-state index contributed by atoms with van der Waals surface area (Å²) >= 11 is 0. The Bertz CT molecular complexity index is 1120. The fourth-order valence-corrected chi connectivity index (χ4v) is 8.99. The number of rotatable bonds is 9. The van der Waals surface area contributed by atoms with E-state index in [0.29, 0.717) is 0 Å². The summed E-state index contributed by atoms with van der Waals surface area (Å²) in [6.45, 7) is 0. The van der Waals surface area contributed by atoms with Gasteiger partial charge in [0.05, 0.1) is 0 Å². The lowest BCUT2D eigenvalue weighted by Gasteiger charge is -2.34. The molecule has 0 aromatic heterocycles. The van der Waals surface area contributed by atoms with Crippen LogP contribution in [0.5, 0.6) is 0 Å². The van der Waals surface area contributed by atoms with Gasteiger partial charge in [-0.25, -0.2) is 0 Å². The molecular formula is C32H29NP2. The molecule has 5 aromatic carbocycles. The van der Waals surface area contributed by atoms with E-state index >= 15 is 0 Å². The van der Waals surface area contributed by atoms with Crippen LogP contribution in [0.1, 0.15) is 0 Å². The molecule has 0 saturated carbocycles. The van der Waals surface area contributed by atoms with Gasteiger partial charge in [-0.1, -0.05) is 140 Å². The van der Waals surface area contributed by atoms with E-state index in [1.54, 1.807) is 0 Å². The maximum atomic E-state index is 2.62. The molecule has 0 amide bonds. The number of hydrogen-bond acceptors (Lipinski definition) is 1. The van der Waals surface area contributed by atoms with Crippen LogP contribution in [0.4, 0.5) is 5.69 Å². The third-order valence-electron chi connectivity index (χ3n) is 6.02. The molecule has 0 unspecified atom stereocenters. The first-order valence-corrected chi connectivity index (χ1v) is 15.0. The highest BCUT2D eigenvalue weighted by Crippen LogP contribution is 2.41. The molecule has 0 N–H and O–H groups in total. The van der Waals surface area contributed by atoms with Gasteiger partial charge in [-0.05, 0) is 49.2 Å². The summed E-state index contributed by atoms with van der Waals surface area (Å²) in [4.78, 5) is 2.62. The minimum absolute atomic E-state index is 0.546. The third-order valence-corrected chi connectivity index (χ3v) is 11.0. The zero-order valence-electron chi connectivity index (χ0n) is 19.7. The first-order chi connectivity index (χ1) is 17.4. The molecule has 0 aliphatic carbocycles. The Labute approximate surface area is 211 Å². The van der Waals surface area contributed by atoms with Gasteiger partial charge in [0.25, 0.3) is 0 Å². The minimum atomic E-state index is -0.546. The topological polar surface area (TPSA) is 3.24 Å². The molecule has 0 radical (unpaired) electrons. The molecule has 0 bridgehead atoms. The molecule has 0 saturated heterocycles. The highest BCUT2D eigenvalue weighted by molar-refractivity contribution is 7.74. The number of hydrogen-bond donors (Lipinski definition) is 0. The van der Waals surface area contributed by atoms with E-state index in [1.807, 2.05) is 0 Å². The summed E-state index contributed by atoms with van der Waals surface area (Å²) in [5.41, 5.74) is 1.28. The second-order valence-electron chi connectivity index (χ2n) is 8.36. The Morgan fingerprint density at radius 1 is 0.343 bits per heavy atom. The molecular weight excluding hydrogens is 460 g/mol. The van der Waals surface area contributed by atoms with Crippen molar-refractivity contribution < 1.29 is 0 Å². The maximum Gasteiger partial charge on any atom is 0.0463 e. The van der Waals surface area contributed by atoms with Crippen LogP contribution in [0.3, 0.4) is 0 Å². The van der Waals surface area contributed by atoms with E-state index in [4.69, 9.17) is 0 Å². The molecule has 0 spiro atoms. The average molecular weight is 490 g/mol. The van der Waals surface area contributed by atoms with Gasteiger partial charge in [-0.3, -0.25) is 0 Å². The summed E-state index contributed by atoms with van der Waals surface area (Å²) in [5, 5.41) is 5.66.